The summed E-state index contributed by atoms with van der Waals surface area (Å²) in [6, 6.07) is 11.1. The summed E-state index contributed by atoms with van der Waals surface area (Å²) in [7, 11) is 1.59. The lowest BCUT2D eigenvalue weighted by Crippen LogP contribution is -2.13. The first-order chi connectivity index (χ1) is 13.9. The van der Waals surface area contributed by atoms with E-state index < -0.39 is 6.09 Å². The zero-order valence-corrected chi connectivity index (χ0v) is 16.5. The standard InChI is InChI=1S/C23H21NO5/c1-13-7-16-10-18(29-22(16)21(8-13)26-4)12-27-23(25)24-17-5-6-19-14(2)9-15(3)28-20(19)11-17/h5-11H,3,12H2,1-2,4H3,(H,24,25). The minimum absolute atomic E-state index is 0.00279. The van der Waals surface area contributed by atoms with E-state index in [1.807, 2.05) is 44.2 Å². The monoisotopic (exact) mass is 391 g/mol. The van der Waals surface area contributed by atoms with E-state index in [9.17, 15) is 4.79 Å². The second-order valence-electron chi connectivity index (χ2n) is 6.91. The van der Waals surface area contributed by atoms with Crippen LogP contribution in [0.1, 0.15) is 23.8 Å². The first-order valence-corrected chi connectivity index (χ1v) is 9.13. The van der Waals surface area contributed by atoms with Crippen LogP contribution in [0.3, 0.4) is 0 Å². The van der Waals surface area contributed by atoms with Gasteiger partial charge in [-0.3, -0.25) is 5.32 Å². The maximum atomic E-state index is 12.2. The molecule has 0 saturated carbocycles. The minimum atomic E-state index is -0.588. The average molecular weight is 391 g/mol. The van der Waals surface area contributed by atoms with Gasteiger partial charge in [-0.2, -0.15) is 0 Å². The number of benzene rings is 2. The van der Waals surface area contributed by atoms with Gasteiger partial charge >= 0.3 is 6.09 Å². The second kappa shape index (κ2) is 7.39. The van der Waals surface area contributed by atoms with Crippen LogP contribution >= 0.6 is 0 Å². The summed E-state index contributed by atoms with van der Waals surface area (Å²) in [6.07, 6.45) is 1.28. The number of carbonyl (C=O) groups excluding carboxylic acids is 1. The Morgan fingerprint density at radius 3 is 2.79 bits per heavy atom. The lowest BCUT2D eigenvalue weighted by molar-refractivity contribution is 0.147. The maximum absolute atomic E-state index is 12.2. The third-order valence-corrected chi connectivity index (χ3v) is 4.61. The highest BCUT2D eigenvalue weighted by Gasteiger charge is 2.15. The van der Waals surface area contributed by atoms with E-state index in [0.29, 0.717) is 34.3 Å². The molecule has 0 fully saturated rings. The summed E-state index contributed by atoms with van der Waals surface area (Å²) in [5.41, 5.74) is 4.28. The van der Waals surface area contributed by atoms with Crippen molar-refractivity contribution in [2.75, 3.05) is 12.4 Å². The molecule has 0 bridgehead atoms. The molecule has 0 saturated heterocycles. The molecule has 2 heterocycles. The molecule has 1 amide bonds. The Balaban J connectivity index is 1.43. The summed E-state index contributed by atoms with van der Waals surface area (Å²) < 4.78 is 22.1. The summed E-state index contributed by atoms with van der Waals surface area (Å²) in [6.45, 7) is 7.79. The van der Waals surface area contributed by atoms with Crippen molar-refractivity contribution in [1.82, 2.24) is 0 Å². The zero-order valence-electron chi connectivity index (χ0n) is 16.5. The normalized spacial score (nSPS) is 12.8. The van der Waals surface area contributed by atoms with E-state index in [4.69, 9.17) is 18.6 Å². The van der Waals surface area contributed by atoms with Crippen molar-refractivity contribution in [3.63, 3.8) is 0 Å². The average Bonchev–Trinajstić information content (AvgIpc) is 3.08. The number of methoxy groups -OCH3 is 1. The van der Waals surface area contributed by atoms with Crippen LogP contribution in [-0.4, -0.2) is 13.2 Å². The van der Waals surface area contributed by atoms with Gasteiger partial charge in [-0.1, -0.05) is 6.58 Å². The molecule has 1 aliphatic rings. The van der Waals surface area contributed by atoms with Crippen LogP contribution in [0.25, 0.3) is 16.5 Å². The Morgan fingerprint density at radius 1 is 1.17 bits per heavy atom. The quantitative estimate of drug-likeness (QED) is 0.608. The third-order valence-electron chi connectivity index (χ3n) is 4.61. The van der Waals surface area contributed by atoms with Gasteiger partial charge in [0.15, 0.2) is 17.9 Å². The molecule has 1 N–H and O–H groups in total. The predicted octanol–water partition coefficient (Wildman–Crippen LogP) is 5.81. The SMILES string of the molecule is C=C1C=C(C)c2ccc(NC(=O)OCc3cc4cc(C)cc(OC)c4o3)cc2O1. The fourth-order valence-corrected chi connectivity index (χ4v) is 3.33. The van der Waals surface area contributed by atoms with E-state index in [-0.39, 0.29) is 6.61 Å². The smallest absolute Gasteiger partial charge is 0.412 e. The van der Waals surface area contributed by atoms with Crippen LogP contribution in [0, 0.1) is 6.92 Å². The van der Waals surface area contributed by atoms with E-state index >= 15 is 0 Å². The lowest BCUT2D eigenvalue weighted by atomic mass is 10.0. The van der Waals surface area contributed by atoms with Crippen LogP contribution in [0.5, 0.6) is 11.5 Å². The number of carbonyl (C=O) groups is 1. The van der Waals surface area contributed by atoms with Crippen molar-refractivity contribution in [2.24, 2.45) is 0 Å². The van der Waals surface area contributed by atoms with Gasteiger partial charge in [-0.25, -0.2) is 4.79 Å². The van der Waals surface area contributed by atoms with Crippen LogP contribution in [0.4, 0.5) is 10.5 Å². The molecule has 1 aromatic heterocycles. The number of hydrogen-bond donors (Lipinski definition) is 1. The summed E-state index contributed by atoms with van der Waals surface area (Å²) in [5.74, 6) is 2.39. The highest BCUT2D eigenvalue weighted by molar-refractivity contribution is 5.87. The highest BCUT2D eigenvalue weighted by Crippen LogP contribution is 2.35. The summed E-state index contributed by atoms with van der Waals surface area (Å²) >= 11 is 0. The first-order valence-electron chi connectivity index (χ1n) is 9.13. The maximum Gasteiger partial charge on any atom is 0.412 e. The number of furan rings is 1. The van der Waals surface area contributed by atoms with Crippen LogP contribution in [0.2, 0.25) is 0 Å². The fraction of sp³-hybridized carbons (Fsp3) is 0.174. The van der Waals surface area contributed by atoms with E-state index in [1.54, 1.807) is 19.2 Å². The molecule has 0 radical (unpaired) electrons. The van der Waals surface area contributed by atoms with Crippen molar-refractivity contribution in [1.29, 1.82) is 0 Å². The number of ether oxygens (including phenoxy) is 3. The molecule has 0 atom stereocenters. The number of aryl methyl sites for hydroxylation is 1. The van der Waals surface area contributed by atoms with Gasteiger partial charge < -0.3 is 18.6 Å². The fourth-order valence-electron chi connectivity index (χ4n) is 3.33. The number of hydrogen-bond acceptors (Lipinski definition) is 5. The molecular formula is C23H21NO5. The number of anilines is 1. The lowest BCUT2D eigenvalue weighted by Gasteiger charge is -2.18. The Labute approximate surface area is 168 Å². The summed E-state index contributed by atoms with van der Waals surface area (Å²) in [5, 5.41) is 3.60. The number of rotatable bonds is 4. The Morgan fingerprint density at radius 2 is 2.00 bits per heavy atom. The van der Waals surface area contributed by atoms with E-state index in [0.717, 1.165) is 22.1 Å². The Hall–Kier alpha value is -3.67. The van der Waals surface area contributed by atoms with Gasteiger partial charge in [0.05, 0.1) is 7.11 Å². The molecule has 6 heteroatoms. The van der Waals surface area contributed by atoms with Gasteiger partial charge in [0.25, 0.3) is 0 Å². The van der Waals surface area contributed by atoms with Gasteiger partial charge in [0.1, 0.15) is 17.3 Å². The number of amides is 1. The highest BCUT2D eigenvalue weighted by atomic mass is 16.6. The number of nitrogens with one attached hydrogen (secondary N) is 1. The van der Waals surface area contributed by atoms with E-state index in [1.165, 1.54) is 0 Å². The zero-order chi connectivity index (χ0) is 20.5. The third kappa shape index (κ3) is 3.82. The van der Waals surface area contributed by atoms with Crippen LogP contribution in [-0.2, 0) is 11.3 Å². The van der Waals surface area contributed by atoms with Crippen molar-refractivity contribution in [3.05, 3.63) is 71.7 Å². The molecule has 29 heavy (non-hydrogen) atoms. The van der Waals surface area contributed by atoms with Gasteiger partial charge in [-0.15, -0.1) is 0 Å². The van der Waals surface area contributed by atoms with Gasteiger partial charge in [-0.05, 0) is 61.4 Å². The largest absolute Gasteiger partial charge is 0.493 e. The van der Waals surface area contributed by atoms with Crippen molar-refractivity contribution in [2.45, 2.75) is 20.5 Å². The van der Waals surface area contributed by atoms with Crippen molar-refractivity contribution < 1.29 is 23.4 Å². The van der Waals surface area contributed by atoms with Crippen molar-refractivity contribution >= 4 is 28.3 Å². The molecule has 4 rings (SSSR count). The van der Waals surface area contributed by atoms with Gasteiger partial charge in [0.2, 0.25) is 0 Å². The molecule has 148 valence electrons. The predicted molar refractivity (Wildman–Crippen MR) is 111 cm³/mol. The molecule has 0 spiro atoms. The molecule has 6 nitrogen and oxygen atoms in total. The van der Waals surface area contributed by atoms with Crippen LogP contribution in [0.15, 0.2) is 59.2 Å². The molecule has 1 aliphatic heterocycles. The molecule has 2 aromatic carbocycles. The molecule has 0 unspecified atom stereocenters. The molecule has 3 aromatic rings. The second-order valence-corrected chi connectivity index (χ2v) is 6.91. The number of allylic oxidation sites excluding steroid dienone is 2. The van der Waals surface area contributed by atoms with Gasteiger partial charge in [0, 0.05) is 22.7 Å². The van der Waals surface area contributed by atoms with Crippen LogP contribution < -0.4 is 14.8 Å². The Kier molecular flexibility index (Phi) is 4.76. The topological polar surface area (TPSA) is 69.9 Å². The van der Waals surface area contributed by atoms with Crippen molar-refractivity contribution in [3.8, 4) is 11.5 Å². The number of fused-ring (bicyclic) bond motifs is 2. The molecular weight excluding hydrogens is 370 g/mol. The minimum Gasteiger partial charge on any atom is -0.493 e. The first kappa shape index (κ1) is 18.7. The molecule has 0 aliphatic carbocycles. The van der Waals surface area contributed by atoms with E-state index in [2.05, 4.69) is 11.9 Å². The summed E-state index contributed by atoms with van der Waals surface area (Å²) in [4.78, 5) is 12.2. The Bertz CT molecular complexity index is 1160.